The van der Waals surface area contributed by atoms with Crippen molar-refractivity contribution in [2.24, 2.45) is 0 Å². The molecule has 5 heteroatoms. The molecule has 0 saturated carbocycles. The van der Waals surface area contributed by atoms with Crippen molar-refractivity contribution in [2.75, 3.05) is 0 Å². The third kappa shape index (κ3) is 4.88. The summed E-state index contributed by atoms with van der Waals surface area (Å²) in [6.45, 7) is 3.24. The molecule has 1 N–H and O–H groups in total. The van der Waals surface area contributed by atoms with Gasteiger partial charge in [-0.05, 0) is 36.3 Å². The lowest BCUT2D eigenvalue weighted by atomic mass is 10.1. The Morgan fingerprint density at radius 1 is 1.12 bits per heavy atom. The van der Waals surface area contributed by atoms with E-state index in [1.54, 1.807) is 18.5 Å². The summed E-state index contributed by atoms with van der Waals surface area (Å²) < 4.78 is 2.09. The van der Waals surface area contributed by atoms with E-state index in [-0.39, 0.29) is 5.91 Å². The van der Waals surface area contributed by atoms with Gasteiger partial charge in [0.25, 0.3) is 0 Å². The first-order valence-electron chi connectivity index (χ1n) is 8.13. The first-order chi connectivity index (χ1) is 12.2. The van der Waals surface area contributed by atoms with Crippen molar-refractivity contribution in [3.05, 3.63) is 89.8 Å². The maximum Gasteiger partial charge on any atom is 0.244 e. The molecule has 0 radical (unpaired) electrons. The highest BCUT2D eigenvalue weighted by Gasteiger charge is 2.02. The molecule has 3 rings (SSSR count). The van der Waals surface area contributed by atoms with Crippen LogP contribution in [0, 0.1) is 6.92 Å². The summed E-state index contributed by atoms with van der Waals surface area (Å²) in [6.07, 6.45) is 8.67. The van der Waals surface area contributed by atoms with Gasteiger partial charge in [-0.25, -0.2) is 4.98 Å². The van der Waals surface area contributed by atoms with Crippen molar-refractivity contribution >= 4 is 12.0 Å². The van der Waals surface area contributed by atoms with Gasteiger partial charge in [0.2, 0.25) is 5.91 Å². The van der Waals surface area contributed by atoms with Crippen molar-refractivity contribution in [1.82, 2.24) is 19.9 Å². The number of pyridine rings is 1. The van der Waals surface area contributed by atoms with E-state index in [4.69, 9.17) is 0 Å². The molecule has 2 aromatic heterocycles. The van der Waals surface area contributed by atoms with Gasteiger partial charge in [0.05, 0.1) is 5.69 Å². The lowest BCUT2D eigenvalue weighted by Gasteiger charge is -2.08. The SMILES string of the molecule is Cc1nccn1Cc1cccc(CNC(=O)C=Cc2ccccn2)c1. The van der Waals surface area contributed by atoms with E-state index in [1.165, 1.54) is 11.6 Å². The largest absolute Gasteiger partial charge is 0.348 e. The van der Waals surface area contributed by atoms with Gasteiger partial charge in [0.15, 0.2) is 0 Å². The van der Waals surface area contributed by atoms with Crippen molar-refractivity contribution in [3.63, 3.8) is 0 Å². The van der Waals surface area contributed by atoms with Crippen LogP contribution < -0.4 is 5.32 Å². The average Bonchev–Trinajstić information content (AvgIpc) is 3.04. The van der Waals surface area contributed by atoms with Gasteiger partial charge < -0.3 is 9.88 Å². The number of amides is 1. The van der Waals surface area contributed by atoms with E-state index >= 15 is 0 Å². The lowest BCUT2D eigenvalue weighted by Crippen LogP contribution is -2.20. The number of aromatic nitrogens is 3. The second-order valence-corrected chi connectivity index (χ2v) is 5.73. The zero-order chi connectivity index (χ0) is 17.5. The Kier molecular flexibility index (Phi) is 5.36. The van der Waals surface area contributed by atoms with Gasteiger partial charge in [0, 0.05) is 37.8 Å². The minimum atomic E-state index is -0.137. The number of nitrogens with one attached hydrogen (secondary N) is 1. The third-order valence-electron chi connectivity index (χ3n) is 3.83. The van der Waals surface area contributed by atoms with Crippen molar-refractivity contribution in [1.29, 1.82) is 0 Å². The first kappa shape index (κ1) is 16.6. The Labute approximate surface area is 147 Å². The molecule has 25 heavy (non-hydrogen) atoms. The Morgan fingerprint density at radius 2 is 2.00 bits per heavy atom. The summed E-state index contributed by atoms with van der Waals surface area (Å²) in [7, 11) is 0. The predicted octanol–water partition coefficient (Wildman–Crippen LogP) is 2.96. The number of hydrogen-bond acceptors (Lipinski definition) is 3. The van der Waals surface area contributed by atoms with Crippen LogP contribution in [-0.4, -0.2) is 20.4 Å². The molecule has 0 saturated heterocycles. The van der Waals surface area contributed by atoms with Crippen LogP contribution in [0.4, 0.5) is 0 Å². The molecule has 0 aliphatic carbocycles. The minimum absolute atomic E-state index is 0.137. The number of rotatable bonds is 6. The van der Waals surface area contributed by atoms with E-state index in [2.05, 4.69) is 32.0 Å². The Bertz CT molecular complexity index is 868. The number of hydrogen-bond donors (Lipinski definition) is 1. The number of nitrogens with zero attached hydrogens (tertiary/aromatic N) is 3. The topological polar surface area (TPSA) is 59.8 Å². The standard InChI is InChI=1S/C20H20N4O/c1-16-21-11-12-24(16)15-18-6-4-5-17(13-18)14-23-20(25)9-8-19-7-2-3-10-22-19/h2-13H,14-15H2,1H3,(H,23,25). The number of carbonyl (C=O) groups is 1. The summed E-state index contributed by atoms with van der Waals surface area (Å²) in [4.78, 5) is 20.3. The highest BCUT2D eigenvalue weighted by molar-refractivity contribution is 5.91. The van der Waals surface area contributed by atoms with E-state index in [0.29, 0.717) is 6.54 Å². The van der Waals surface area contributed by atoms with Crippen molar-refractivity contribution in [3.8, 4) is 0 Å². The first-order valence-corrected chi connectivity index (χ1v) is 8.13. The quantitative estimate of drug-likeness (QED) is 0.706. The molecule has 1 aromatic carbocycles. The normalized spacial score (nSPS) is 10.9. The van der Waals surface area contributed by atoms with Crippen molar-refractivity contribution in [2.45, 2.75) is 20.0 Å². The van der Waals surface area contributed by atoms with Gasteiger partial charge in [-0.15, -0.1) is 0 Å². The van der Waals surface area contributed by atoms with E-state index in [1.807, 2.05) is 43.5 Å². The molecule has 0 aliphatic rings. The molecule has 0 aliphatic heterocycles. The Hall–Kier alpha value is -3.21. The second kappa shape index (κ2) is 8.06. The number of benzene rings is 1. The summed E-state index contributed by atoms with van der Waals surface area (Å²) in [5.41, 5.74) is 3.00. The van der Waals surface area contributed by atoms with Gasteiger partial charge in [-0.2, -0.15) is 0 Å². The fourth-order valence-electron chi connectivity index (χ4n) is 2.49. The van der Waals surface area contributed by atoms with Gasteiger partial charge in [-0.3, -0.25) is 9.78 Å². The monoisotopic (exact) mass is 332 g/mol. The molecule has 126 valence electrons. The van der Waals surface area contributed by atoms with Crippen LogP contribution in [0.3, 0.4) is 0 Å². The van der Waals surface area contributed by atoms with Gasteiger partial charge in [-0.1, -0.05) is 30.3 Å². The predicted molar refractivity (Wildman–Crippen MR) is 97.6 cm³/mol. The Balaban J connectivity index is 1.56. The zero-order valence-electron chi connectivity index (χ0n) is 14.1. The molecule has 1 amide bonds. The molecule has 0 unspecified atom stereocenters. The van der Waals surface area contributed by atoms with E-state index in [9.17, 15) is 4.79 Å². The maximum absolute atomic E-state index is 11.9. The van der Waals surface area contributed by atoms with Crippen LogP contribution in [0.15, 0.2) is 67.1 Å². The highest BCUT2D eigenvalue weighted by Crippen LogP contribution is 2.09. The fraction of sp³-hybridized carbons (Fsp3) is 0.150. The molecule has 2 heterocycles. The second-order valence-electron chi connectivity index (χ2n) is 5.73. The number of carbonyl (C=O) groups excluding carboxylic acids is 1. The number of aryl methyl sites for hydroxylation is 1. The average molecular weight is 332 g/mol. The van der Waals surface area contributed by atoms with Crippen molar-refractivity contribution < 1.29 is 4.79 Å². The zero-order valence-corrected chi connectivity index (χ0v) is 14.1. The molecular weight excluding hydrogens is 312 g/mol. The van der Waals surface area contributed by atoms with Gasteiger partial charge >= 0.3 is 0 Å². The third-order valence-corrected chi connectivity index (χ3v) is 3.83. The fourth-order valence-corrected chi connectivity index (χ4v) is 2.49. The van der Waals surface area contributed by atoms with Crippen LogP contribution >= 0.6 is 0 Å². The van der Waals surface area contributed by atoms with Crippen LogP contribution in [0.2, 0.25) is 0 Å². The summed E-state index contributed by atoms with van der Waals surface area (Å²) >= 11 is 0. The molecule has 0 atom stereocenters. The molecule has 0 bridgehead atoms. The lowest BCUT2D eigenvalue weighted by molar-refractivity contribution is -0.116. The minimum Gasteiger partial charge on any atom is -0.348 e. The summed E-state index contributed by atoms with van der Waals surface area (Å²) in [5.74, 6) is 0.847. The maximum atomic E-state index is 11.9. The van der Waals surface area contributed by atoms with Crippen LogP contribution in [0.25, 0.3) is 6.08 Å². The Morgan fingerprint density at radius 3 is 2.76 bits per heavy atom. The van der Waals surface area contributed by atoms with E-state index in [0.717, 1.165) is 23.6 Å². The van der Waals surface area contributed by atoms with Crippen LogP contribution in [0.5, 0.6) is 0 Å². The molecule has 5 nitrogen and oxygen atoms in total. The summed E-state index contributed by atoms with van der Waals surface area (Å²) in [5, 5.41) is 2.89. The smallest absolute Gasteiger partial charge is 0.244 e. The van der Waals surface area contributed by atoms with Crippen LogP contribution in [-0.2, 0) is 17.9 Å². The highest BCUT2D eigenvalue weighted by atomic mass is 16.1. The molecular formula is C20H20N4O. The molecule has 3 aromatic rings. The summed E-state index contributed by atoms with van der Waals surface area (Å²) in [6, 6.07) is 13.8. The van der Waals surface area contributed by atoms with Crippen LogP contribution in [0.1, 0.15) is 22.6 Å². The van der Waals surface area contributed by atoms with Gasteiger partial charge in [0.1, 0.15) is 5.82 Å². The number of imidazole rings is 1. The molecule has 0 spiro atoms. The molecule has 0 fully saturated rings. The van der Waals surface area contributed by atoms with E-state index < -0.39 is 0 Å².